The summed E-state index contributed by atoms with van der Waals surface area (Å²) >= 11 is 0. The van der Waals surface area contributed by atoms with Crippen LogP contribution in [0.15, 0.2) is 53.7 Å². The van der Waals surface area contributed by atoms with E-state index in [2.05, 4.69) is 9.71 Å². The van der Waals surface area contributed by atoms with Gasteiger partial charge in [-0.1, -0.05) is 12.1 Å². The normalized spacial score (nSPS) is 13.0. The van der Waals surface area contributed by atoms with E-state index < -0.39 is 10.0 Å². The van der Waals surface area contributed by atoms with E-state index in [1.807, 2.05) is 25.1 Å². The molecule has 6 heteroatoms. The Balaban J connectivity index is 2.03. The molecule has 2 rings (SSSR count). The van der Waals surface area contributed by atoms with Crippen LogP contribution in [0.3, 0.4) is 0 Å². The average molecular weight is 305 g/mol. The van der Waals surface area contributed by atoms with Gasteiger partial charge >= 0.3 is 0 Å². The van der Waals surface area contributed by atoms with E-state index in [-0.39, 0.29) is 10.9 Å². The number of nitrogens with two attached hydrogens (primary N) is 1. The predicted octanol–water partition coefficient (Wildman–Crippen LogP) is 1.62. The van der Waals surface area contributed by atoms with Crippen LogP contribution in [0.5, 0.6) is 0 Å². The van der Waals surface area contributed by atoms with Crippen molar-refractivity contribution in [2.75, 3.05) is 6.54 Å². The van der Waals surface area contributed by atoms with Gasteiger partial charge in [0.15, 0.2) is 0 Å². The summed E-state index contributed by atoms with van der Waals surface area (Å²) in [5.41, 5.74) is 7.62. The quantitative estimate of drug-likeness (QED) is 0.849. The van der Waals surface area contributed by atoms with E-state index in [9.17, 15) is 8.42 Å². The van der Waals surface area contributed by atoms with Crippen molar-refractivity contribution in [3.63, 3.8) is 0 Å². The van der Waals surface area contributed by atoms with Crippen LogP contribution in [0.1, 0.15) is 24.1 Å². The highest BCUT2D eigenvalue weighted by molar-refractivity contribution is 7.89. The molecule has 0 saturated carbocycles. The Labute approximate surface area is 125 Å². The summed E-state index contributed by atoms with van der Waals surface area (Å²) < 4.78 is 27.1. The smallest absolute Gasteiger partial charge is 0.240 e. The Morgan fingerprint density at radius 2 is 1.95 bits per heavy atom. The van der Waals surface area contributed by atoms with Crippen LogP contribution < -0.4 is 10.5 Å². The highest BCUT2D eigenvalue weighted by Crippen LogP contribution is 2.15. The number of rotatable bonds is 6. The van der Waals surface area contributed by atoms with E-state index in [0.29, 0.717) is 13.0 Å². The van der Waals surface area contributed by atoms with E-state index in [1.54, 1.807) is 30.6 Å². The maximum atomic E-state index is 12.2. The Morgan fingerprint density at radius 1 is 1.24 bits per heavy atom. The van der Waals surface area contributed by atoms with Crippen molar-refractivity contribution in [3.8, 4) is 0 Å². The van der Waals surface area contributed by atoms with Crippen molar-refractivity contribution in [1.29, 1.82) is 0 Å². The molecule has 0 bridgehead atoms. The molecular weight excluding hydrogens is 286 g/mol. The lowest BCUT2D eigenvalue weighted by molar-refractivity contribution is 0.581. The van der Waals surface area contributed by atoms with E-state index in [0.717, 1.165) is 11.1 Å². The number of nitrogens with zero attached hydrogens (tertiary/aromatic N) is 1. The summed E-state index contributed by atoms with van der Waals surface area (Å²) in [4.78, 5) is 4.17. The third-order valence-electron chi connectivity index (χ3n) is 3.15. The van der Waals surface area contributed by atoms with E-state index in [1.165, 1.54) is 0 Å². The first-order valence-electron chi connectivity index (χ1n) is 6.73. The van der Waals surface area contributed by atoms with Crippen LogP contribution in [0.4, 0.5) is 0 Å². The number of hydrogen-bond donors (Lipinski definition) is 2. The fourth-order valence-corrected chi connectivity index (χ4v) is 3.01. The minimum atomic E-state index is -3.51. The molecule has 112 valence electrons. The molecule has 1 aromatic carbocycles. The van der Waals surface area contributed by atoms with Crippen molar-refractivity contribution in [2.24, 2.45) is 5.73 Å². The molecular formula is C15H19N3O2S. The van der Waals surface area contributed by atoms with E-state index in [4.69, 9.17) is 5.73 Å². The van der Waals surface area contributed by atoms with Crippen molar-refractivity contribution in [3.05, 3.63) is 59.9 Å². The molecule has 1 aromatic heterocycles. The summed E-state index contributed by atoms with van der Waals surface area (Å²) in [5.74, 6) is 0. The number of pyridine rings is 1. The highest BCUT2D eigenvalue weighted by atomic mass is 32.2. The third-order valence-corrected chi connectivity index (χ3v) is 4.61. The molecule has 2 aromatic rings. The molecule has 0 fully saturated rings. The molecule has 0 aliphatic heterocycles. The molecule has 1 unspecified atom stereocenters. The third kappa shape index (κ3) is 4.35. The van der Waals surface area contributed by atoms with Crippen LogP contribution in [-0.2, 0) is 16.4 Å². The molecule has 0 spiro atoms. The topological polar surface area (TPSA) is 85.1 Å². The van der Waals surface area contributed by atoms with Crippen molar-refractivity contribution in [1.82, 2.24) is 9.71 Å². The van der Waals surface area contributed by atoms with Gasteiger partial charge in [0.05, 0.1) is 4.90 Å². The SMILES string of the molecule is CC(N)c1cccc(S(=O)(=O)NCCc2ccncc2)c1. The Bertz CT molecular complexity index is 685. The predicted molar refractivity (Wildman–Crippen MR) is 82.2 cm³/mol. The first-order valence-corrected chi connectivity index (χ1v) is 8.21. The minimum Gasteiger partial charge on any atom is -0.324 e. The fourth-order valence-electron chi connectivity index (χ4n) is 1.93. The molecule has 0 saturated heterocycles. The second-order valence-electron chi connectivity index (χ2n) is 4.86. The molecule has 1 heterocycles. The summed E-state index contributed by atoms with van der Waals surface area (Å²) in [6.45, 7) is 2.16. The summed E-state index contributed by atoms with van der Waals surface area (Å²) in [6.07, 6.45) is 4.00. The van der Waals surface area contributed by atoms with Gasteiger partial charge < -0.3 is 5.73 Å². The Kier molecular flexibility index (Phi) is 5.06. The molecule has 3 N–H and O–H groups in total. The van der Waals surface area contributed by atoms with Crippen molar-refractivity contribution >= 4 is 10.0 Å². The first-order chi connectivity index (χ1) is 9.99. The van der Waals surface area contributed by atoms with Crippen LogP contribution in [0, 0.1) is 0 Å². The van der Waals surface area contributed by atoms with E-state index >= 15 is 0 Å². The summed E-state index contributed by atoms with van der Waals surface area (Å²) in [6, 6.07) is 10.2. The molecule has 0 radical (unpaired) electrons. The Hall–Kier alpha value is -1.76. The van der Waals surface area contributed by atoms with Gasteiger partial charge in [0.1, 0.15) is 0 Å². The summed E-state index contributed by atoms with van der Waals surface area (Å²) in [5, 5.41) is 0. The van der Waals surface area contributed by atoms with Gasteiger partial charge in [-0.15, -0.1) is 0 Å². The second kappa shape index (κ2) is 6.80. The van der Waals surface area contributed by atoms with Gasteiger partial charge in [-0.3, -0.25) is 4.98 Å². The van der Waals surface area contributed by atoms with Crippen molar-refractivity contribution in [2.45, 2.75) is 24.3 Å². The zero-order valence-electron chi connectivity index (χ0n) is 11.9. The minimum absolute atomic E-state index is 0.197. The molecule has 0 amide bonds. The number of aromatic nitrogens is 1. The summed E-state index contributed by atoms with van der Waals surface area (Å²) in [7, 11) is -3.51. The zero-order chi connectivity index (χ0) is 15.3. The monoisotopic (exact) mass is 305 g/mol. The van der Waals surface area contributed by atoms with Crippen LogP contribution in [-0.4, -0.2) is 19.9 Å². The maximum Gasteiger partial charge on any atom is 0.240 e. The largest absolute Gasteiger partial charge is 0.324 e. The lowest BCUT2D eigenvalue weighted by Crippen LogP contribution is -2.26. The molecule has 0 aliphatic rings. The molecule has 0 aliphatic carbocycles. The van der Waals surface area contributed by atoms with Crippen LogP contribution in [0.25, 0.3) is 0 Å². The number of nitrogens with one attached hydrogen (secondary N) is 1. The molecule has 5 nitrogen and oxygen atoms in total. The first kappa shape index (κ1) is 15.6. The maximum absolute atomic E-state index is 12.2. The fraction of sp³-hybridized carbons (Fsp3) is 0.267. The molecule has 1 atom stereocenters. The zero-order valence-corrected chi connectivity index (χ0v) is 12.7. The van der Waals surface area contributed by atoms with Gasteiger partial charge in [0.25, 0.3) is 0 Å². The Morgan fingerprint density at radius 3 is 2.62 bits per heavy atom. The number of hydrogen-bond acceptors (Lipinski definition) is 4. The average Bonchev–Trinajstić information content (AvgIpc) is 2.48. The van der Waals surface area contributed by atoms with Gasteiger partial charge in [-0.25, -0.2) is 13.1 Å². The van der Waals surface area contributed by atoms with Crippen molar-refractivity contribution < 1.29 is 8.42 Å². The van der Waals surface area contributed by atoms with Gasteiger partial charge in [0, 0.05) is 25.0 Å². The highest BCUT2D eigenvalue weighted by Gasteiger charge is 2.14. The van der Waals surface area contributed by atoms with Crippen LogP contribution in [0.2, 0.25) is 0 Å². The van der Waals surface area contributed by atoms with Crippen LogP contribution >= 0.6 is 0 Å². The second-order valence-corrected chi connectivity index (χ2v) is 6.63. The van der Waals surface area contributed by atoms with Gasteiger partial charge in [-0.05, 0) is 48.7 Å². The number of sulfonamides is 1. The standard InChI is InChI=1S/C15H19N3O2S/c1-12(16)14-3-2-4-15(11-14)21(19,20)18-10-7-13-5-8-17-9-6-13/h2-6,8-9,11-12,18H,7,10,16H2,1H3. The lowest BCUT2D eigenvalue weighted by Gasteiger charge is -2.10. The molecule has 21 heavy (non-hydrogen) atoms. The number of benzene rings is 1. The van der Waals surface area contributed by atoms with Gasteiger partial charge in [0.2, 0.25) is 10.0 Å². The lowest BCUT2D eigenvalue weighted by atomic mass is 10.1. The van der Waals surface area contributed by atoms with Gasteiger partial charge in [-0.2, -0.15) is 0 Å².